The second kappa shape index (κ2) is 12.5. The molecule has 4 amide bonds. The summed E-state index contributed by atoms with van der Waals surface area (Å²) >= 11 is 2.42. The molecule has 0 aliphatic carbocycles. The summed E-state index contributed by atoms with van der Waals surface area (Å²) in [4.78, 5) is 60.7. The number of thiazole rings is 2. The Morgan fingerprint density at radius 2 is 1.41 bits per heavy atom. The van der Waals surface area contributed by atoms with Crippen LogP contribution in [-0.2, 0) is 16.1 Å². The van der Waals surface area contributed by atoms with Gasteiger partial charge in [-0.15, -0.1) is 22.7 Å². The van der Waals surface area contributed by atoms with Gasteiger partial charge in [-0.1, -0.05) is 40.5 Å². The Balaban J connectivity index is 2.01. The lowest BCUT2D eigenvalue weighted by Gasteiger charge is -2.26. The molecule has 2 aromatic heterocycles. The largest absolute Gasteiger partial charge is 0.348 e. The zero-order valence-corrected chi connectivity index (χ0v) is 23.1. The summed E-state index contributed by atoms with van der Waals surface area (Å²) in [7, 11) is 0. The fourth-order valence-corrected chi connectivity index (χ4v) is 5.45. The lowest BCUT2D eigenvalue weighted by molar-refractivity contribution is -0.132. The maximum absolute atomic E-state index is 14.4. The number of halogens is 1. The third kappa shape index (κ3) is 6.89. The molecule has 0 saturated carbocycles. The van der Waals surface area contributed by atoms with E-state index in [0.717, 1.165) is 6.42 Å². The predicted octanol–water partition coefficient (Wildman–Crippen LogP) is 2.73. The molecule has 0 saturated heterocycles. The fourth-order valence-electron chi connectivity index (χ4n) is 3.75. The molecule has 37 heavy (non-hydrogen) atoms. The molecule has 1 aliphatic heterocycles. The minimum Gasteiger partial charge on any atom is -0.348 e. The van der Waals surface area contributed by atoms with Crippen LogP contribution >= 0.6 is 22.7 Å². The first-order valence-electron chi connectivity index (χ1n) is 12.3. The SMILES string of the molecule is CC[C@H](C)[C@@H]1NC(=O)c2csc(n2)[C@@H]([C@@H](C)CC)NC(=O)c2csc(n2)CNC(=O)[C@H]([C@@H](C)F)NC1=O. The molecule has 3 rings (SSSR count). The second-order valence-electron chi connectivity index (χ2n) is 9.25. The summed E-state index contributed by atoms with van der Waals surface area (Å²) in [5.74, 6) is -2.65. The van der Waals surface area contributed by atoms with Crippen LogP contribution in [0.15, 0.2) is 10.8 Å². The Morgan fingerprint density at radius 1 is 0.838 bits per heavy atom. The Hall–Kier alpha value is -2.93. The van der Waals surface area contributed by atoms with E-state index in [9.17, 15) is 23.6 Å². The van der Waals surface area contributed by atoms with Crippen molar-refractivity contribution in [2.75, 3.05) is 0 Å². The first-order valence-corrected chi connectivity index (χ1v) is 14.0. The maximum Gasteiger partial charge on any atom is 0.271 e. The fraction of sp³-hybridized carbons (Fsp3) is 0.583. The summed E-state index contributed by atoms with van der Waals surface area (Å²) in [5.41, 5.74) is 0.284. The van der Waals surface area contributed by atoms with Crippen molar-refractivity contribution in [3.05, 3.63) is 32.2 Å². The third-order valence-electron chi connectivity index (χ3n) is 6.54. The number of nitrogens with one attached hydrogen (secondary N) is 4. The number of rotatable bonds is 5. The highest BCUT2D eigenvalue weighted by molar-refractivity contribution is 7.10. The molecule has 10 nitrogen and oxygen atoms in total. The molecule has 6 atom stereocenters. The molecule has 2 aromatic rings. The van der Waals surface area contributed by atoms with Crippen LogP contribution in [0.4, 0.5) is 4.39 Å². The lowest BCUT2D eigenvalue weighted by Crippen LogP contribution is -2.57. The van der Waals surface area contributed by atoms with Crippen molar-refractivity contribution in [1.82, 2.24) is 31.2 Å². The van der Waals surface area contributed by atoms with Crippen molar-refractivity contribution in [2.45, 2.75) is 78.3 Å². The van der Waals surface area contributed by atoms with Crippen molar-refractivity contribution >= 4 is 46.3 Å². The number of hydrogen-bond donors (Lipinski definition) is 4. The monoisotopic (exact) mass is 552 g/mol. The van der Waals surface area contributed by atoms with Gasteiger partial charge in [0.05, 0.1) is 12.6 Å². The third-order valence-corrected chi connectivity index (χ3v) is 8.32. The smallest absolute Gasteiger partial charge is 0.271 e. The normalized spacial score (nSPS) is 24.0. The number of hydrogen-bond acceptors (Lipinski definition) is 8. The number of carbonyl (C=O) groups is 4. The van der Waals surface area contributed by atoms with Gasteiger partial charge in [-0.05, 0) is 18.8 Å². The van der Waals surface area contributed by atoms with E-state index >= 15 is 0 Å². The molecular formula is C24H33FN6O4S2. The van der Waals surface area contributed by atoms with Crippen LogP contribution in [0.3, 0.4) is 0 Å². The molecule has 1 aliphatic rings. The Kier molecular flexibility index (Phi) is 9.71. The van der Waals surface area contributed by atoms with Crippen molar-refractivity contribution < 1.29 is 23.6 Å². The van der Waals surface area contributed by atoms with Crippen LogP contribution in [0.2, 0.25) is 0 Å². The topological polar surface area (TPSA) is 142 Å². The molecule has 4 bridgehead atoms. The van der Waals surface area contributed by atoms with E-state index in [1.807, 2.05) is 20.8 Å². The van der Waals surface area contributed by atoms with E-state index in [1.54, 1.807) is 17.7 Å². The minimum atomic E-state index is -1.70. The van der Waals surface area contributed by atoms with Crippen molar-refractivity contribution in [1.29, 1.82) is 0 Å². The molecule has 0 radical (unpaired) electrons. The summed E-state index contributed by atoms with van der Waals surface area (Å²) in [6.45, 7) is 8.75. The standard InChI is InChI=1S/C24H33FN6O4S2/c1-6-11(3)17-23(35)31-19(13(5)25)22(34)26-8-16-27-14(9-36-16)20(32)30-18(12(4)7-2)24-28-15(10-37-24)21(33)29-17/h9-13,17-19H,6-8H2,1-5H3,(H,26,34)(H,29,33)(H,30,32)(H,31,35)/t11-,12-,13+,17-,18+,19-/m0/s1. The molecular weight excluding hydrogens is 519 g/mol. The first-order chi connectivity index (χ1) is 17.5. The number of fused-ring (bicyclic) bond motifs is 4. The van der Waals surface area contributed by atoms with Crippen molar-refractivity contribution in [3.63, 3.8) is 0 Å². The molecule has 202 valence electrons. The lowest BCUT2D eigenvalue weighted by atomic mass is 9.97. The van der Waals surface area contributed by atoms with Gasteiger partial charge in [0.15, 0.2) is 0 Å². The van der Waals surface area contributed by atoms with Gasteiger partial charge < -0.3 is 21.3 Å². The highest BCUT2D eigenvalue weighted by atomic mass is 32.1. The van der Waals surface area contributed by atoms with Gasteiger partial charge in [-0.3, -0.25) is 19.2 Å². The molecule has 0 spiro atoms. The molecule has 0 aromatic carbocycles. The quantitative estimate of drug-likeness (QED) is 0.449. The zero-order chi connectivity index (χ0) is 27.3. The first kappa shape index (κ1) is 28.6. The zero-order valence-electron chi connectivity index (χ0n) is 21.5. The van der Waals surface area contributed by atoms with Gasteiger partial charge in [-0.2, -0.15) is 0 Å². The minimum absolute atomic E-state index is 0.0206. The summed E-state index contributed by atoms with van der Waals surface area (Å²) in [6.07, 6.45) is -0.388. The van der Waals surface area contributed by atoms with Crippen LogP contribution in [0.1, 0.15) is 84.5 Å². The van der Waals surface area contributed by atoms with Crippen LogP contribution < -0.4 is 21.3 Å². The van der Waals surface area contributed by atoms with Gasteiger partial charge in [0.1, 0.15) is 39.7 Å². The predicted molar refractivity (Wildman–Crippen MR) is 139 cm³/mol. The number of alkyl halides is 1. The van der Waals surface area contributed by atoms with Crippen LogP contribution in [-0.4, -0.2) is 51.9 Å². The maximum atomic E-state index is 14.4. The van der Waals surface area contributed by atoms with Gasteiger partial charge in [0, 0.05) is 10.8 Å². The molecule has 0 unspecified atom stereocenters. The van der Waals surface area contributed by atoms with E-state index in [4.69, 9.17) is 0 Å². The van der Waals surface area contributed by atoms with Gasteiger partial charge in [0.25, 0.3) is 11.8 Å². The summed E-state index contributed by atoms with van der Waals surface area (Å²) < 4.78 is 14.4. The van der Waals surface area contributed by atoms with E-state index in [-0.39, 0.29) is 29.8 Å². The van der Waals surface area contributed by atoms with Crippen LogP contribution in [0.5, 0.6) is 0 Å². The number of carbonyl (C=O) groups excluding carboxylic acids is 4. The summed E-state index contributed by atoms with van der Waals surface area (Å²) in [5, 5.41) is 14.9. The Morgan fingerprint density at radius 3 is 2.03 bits per heavy atom. The van der Waals surface area contributed by atoms with E-state index < -0.39 is 47.9 Å². The molecule has 3 heterocycles. The average Bonchev–Trinajstić information content (AvgIpc) is 3.56. The number of amides is 4. The van der Waals surface area contributed by atoms with Crippen LogP contribution in [0.25, 0.3) is 0 Å². The van der Waals surface area contributed by atoms with E-state index in [1.165, 1.54) is 29.6 Å². The average molecular weight is 553 g/mol. The highest BCUT2D eigenvalue weighted by Crippen LogP contribution is 2.28. The van der Waals surface area contributed by atoms with Gasteiger partial charge in [0.2, 0.25) is 11.8 Å². The Bertz CT molecular complexity index is 1140. The Labute approximate surface area is 223 Å². The number of aromatic nitrogens is 2. The second-order valence-corrected chi connectivity index (χ2v) is 11.1. The van der Waals surface area contributed by atoms with E-state index in [0.29, 0.717) is 16.4 Å². The van der Waals surface area contributed by atoms with Crippen molar-refractivity contribution in [2.24, 2.45) is 11.8 Å². The van der Waals surface area contributed by atoms with E-state index in [2.05, 4.69) is 31.2 Å². The molecule has 13 heteroatoms. The summed E-state index contributed by atoms with van der Waals surface area (Å²) in [6, 6.07) is -2.94. The molecule has 0 fully saturated rings. The highest BCUT2D eigenvalue weighted by Gasteiger charge is 2.34. The van der Waals surface area contributed by atoms with Gasteiger partial charge >= 0.3 is 0 Å². The van der Waals surface area contributed by atoms with Crippen LogP contribution in [0, 0.1) is 11.8 Å². The van der Waals surface area contributed by atoms with Gasteiger partial charge in [-0.25, -0.2) is 14.4 Å². The number of nitrogens with zero attached hydrogens (tertiary/aromatic N) is 2. The molecule has 4 N–H and O–H groups in total. The van der Waals surface area contributed by atoms with Crippen molar-refractivity contribution in [3.8, 4) is 0 Å².